The third-order valence-electron chi connectivity index (χ3n) is 4.06. The molecule has 0 amide bonds. The highest BCUT2D eigenvalue weighted by Crippen LogP contribution is 2.51. The third kappa shape index (κ3) is 1.83. The second kappa shape index (κ2) is 4.51. The van der Waals surface area contributed by atoms with Gasteiger partial charge in [0.25, 0.3) is 0 Å². The monoisotopic (exact) mass is 285 g/mol. The van der Waals surface area contributed by atoms with E-state index in [1.54, 1.807) is 0 Å². The maximum absolute atomic E-state index is 14.3. The molecule has 1 aromatic rings. The molecule has 4 N–H and O–H groups in total. The summed E-state index contributed by atoms with van der Waals surface area (Å²) in [5.41, 5.74) is 3.28. The predicted octanol–water partition coefficient (Wildman–Crippen LogP) is -0.806. The first-order valence-electron chi connectivity index (χ1n) is 6.45. The molecule has 4 atom stereocenters. The maximum Gasteiger partial charge on any atom is 0.351 e. The highest BCUT2D eigenvalue weighted by Gasteiger charge is 2.62. The molecular weight excluding hydrogens is 269 g/mol. The number of aliphatic hydroxyl groups excluding tert-OH is 2. The van der Waals surface area contributed by atoms with Crippen molar-refractivity contribution in [2.24, 2.45) is 5.92 Å². The van der Waals surface area contributed by atoms with Crippen LogP contribution in [0.4, 0.5) is 10.2 Å². The molecule has 1 aromatic heterocycles. The molecule has 0 spiro atoms. The largest absolute Gasteiger partial charge is 0.393 e. The lowest BCUT2D eigenvalue weighted by molar-refractivity contribution is -0.141. The smallest absolute Gasteiger partial charge is 0.351 e. The van der Waals surface area contributed by atoms with E-state index < -0.39 is 36.4 Å². The lowest BCUT2D eigenvalue weighted by Gasteiger charge is -2.29. The Kier molecular flexibility index (Phi) is 3.03. The van der Waals surface area contributed by atoms with Crippen molar-refractivity contribution in [3.05, 3.63) is 22.7 Å². The minimum Gasteiger partial charge on any atom is -0.393 e. The summed E-state index contributed by atoms with van der Waals surface area (Å²) in [6.45, 7) is -0.493. The number of nitrogen functional groups attached to an aromatic ring is 1. The molecule has 7 nitrogen and oxygen atoms in total. The molecule has 110 valence electrons. The van der Waals surface area contributed by atoms with Gasteiger partial charge < -0.3 is 20.7 Å². The Hall–Kier alpha value is -1.51. The number of nitrogens with zero attached hydrogens (tertiary/aromatic N) is 2. The van der Waals surface area contributed by atoms with Gasteiger partial charge in [-0.1, -0.05) is 0 Å². The summed E-state index contributed by atoms with van der Waals surface area (Å²) in [5, 5.41) is 19.6. The lowest BCUT2D eigenvalue weighted by atomic mass is 9.91. The van der Waals surface area contributed by atoms with Crippen LogP contribution in [0.25, 0.3) is 0 Å². The SMILES string of the molecule is Nc1ccn(C2O[C@@](CO)(C3CC3)[C@@H](O)[C@@H]2F)c(=O)n1. The Morgan fingerprint density at radius 3 is 2.85 bits per heavy atom. The maximum atomic E-state index is 14.3. The van der Waals surface area contributed by atoms with Crippen molar-refractivity contribution in [3.8, 4) is 0 Å². The van der Waals surface area contributed by atoms with E-state index in [-0.39, 0.29) is 11.7 Å². The number of nitrogens with two attached hydrogens (primary N) is 1. The standard InChI is InChI=1S/C12H16FN3O4/c13-8-9(18)12(5-17,6-1-2-6)20-10(8)16-4-3-7(14)15-11(16)19/h3-4,6,8-10,17-18H,1-2,5H2,(H2,14,15,19)/t8-,9-,10?,12-/m0/s1. The van der Waals surface area contributed by atoms with Crippen molar-refractivity contribution in [1.82, 2.24) is 9.55 Å². The van der Waals surface area contributed by atoms with Crippen LogP contribution in [0.3, 0.4) is 0 Å². The zero-order valence-electron chi connectivity index (χ0n) is 10.6. The van der Waals surface area contributed by atoms with Crippen molar-refractivity contribution in [1.29, 1.82) is 0 Å². The van der Waals surface area contributed by atoms with Crippen molar-refractivity contribution in [2.75, 3.05) is 12.3 Å². The van der Waals surface area contributed by atoms with Crippen molar-refractivity contribution < 1.29 is 19.3 Å². The van der Waals surface area contributed by atoms with Crippen LogP contribution in [0, 0.1) is 5.92 Å². The molecule has 1 unspecified atom stereocenters. The lowest BCUT2D eigenvalue weighted by Crippen LogP contribution is -2.47. The van der Waals surface area contributed by atoms with E-state index in [1.165, 1.54) is 12.3 Å². The average Bonchev–Trinajstić information content (AvgIpc) is 3.22. The van der Waals surface area contributed by atoms with Crippen molar-refractivity contribution in [3.63, 3.8) is 0 Å². The fraction of sp³-hybridized carbons (Fsp3) is 0.667. The summed E-state index contributed by atoms with van der Waals surface area (Å²) < 4.78 is 20.8. The second-order valence-electron chi connectivity index (χ2n) is 5.33. The number of aliphatic hydroxyl groups is 2. The number of ether oxygens (including phenoxy) is 1. The van der Waals surface area contributed by atoms with E-state index in [0.29, 0.717) is 0 Å². The van der Waals surface area contributed by atoms with Gasteiger partial charge >= 0.3 is 5.69 Å². The van der Waals surface area contributed by atoms with Gasteiger partial charge in [-0.3, -0.25) is 4.57 Å². The highest BCUT2D eigenvalue weighted by molar-refractivity contribution is 5.23. The van der Waals surface area contributed by atoms with Gasteiger partial charge in [-0.15, -0.1) is 0 Å². The van der Waals surface area contributed by atoms with Gasteiger partial charge in [0.15, 0.2) is 12.4 Å². The minimum atomic E-state index is -1.81. The van der Waals surface area contributed by atoms with E-state index in [4.69, 9.17) is 10.5 Å². The Morgan fingerprint density at radius 1 is 1.60 bits per heavy atom. The quantitative estimate of drug-likeness (QED) is 0.670. The molecule has 20 heavy (non-hydrogen) atoms. The highest BCUT2D eigenvalue weighted by atomic mass is 19.1. The topological polar surface area (TPSA) is 111 Å². The summed E-state index contributed by atoms with van der Waals surface area (Å²) in [6.07, 6.45) is -1.81. The number of halogens is 1. The minimum absolute atomic E-state index is 0.0239. The normalized spacial score (nSPS) is 37.2. The number of rotatable bonds is 3. The molecule has 1 aliphatic heterocycles. The van der Waals surface area contributed by atoms with Crippen LogP contribution in [0.15, 0.2) is 17.1 Å². The van der Waals surface area contributed by atoms with Gasteiger partial charge in [0, 0.05) is 6.20 Å². The molecule has 1 aliphatic carbocycles. The Labute approximate surface area is 113 Å². The summed E-state index contributed by atoms with van der Waals surface area (Å²) in [4.78, 5) is 15.3. The Balaban J connectivity index is 1.97. The van der Waals surface area contributed by atoms with Crippen LogP contribution >= 0.6 is 0 Å². The molecule has 2 aliphatic rings. The molecule has 0 bridgehead atoms. The van der Waals surface area contributed by atoms with E-state index in [0.717, 1.165) is 17.4 Å². The number of alkyl halides is 1. The molecule has 2 fully saturated rings. The number of hydrogen-bond donors (Lipinski definition) is 3. The Morgan fingerprint density at radius 2 is 2.30 bits per heavy atom. The molecule has 3 rings (SSSR count). The molecule has 2 heterocycles. The van der Waals surface area contributed by atoms with Gasteiger partial charge in [-0.05, 0) is 24.8 Å². The third-order valence-corrected chi connectivity index (χ3v) is 4.06. The van der Waals surface area contributed by atoms with E-state index in [1.807, 2.05) is 0 Å². The van der Waals surface area contributed by atoms with Crippen molar-refractivity contribution in [2.45, 2.75) is 36.9 Å². The first kappa shape index (κ1) is 13.5. The zero-order valence-corrected chi connectivity index (χ0v) is 10.6. The summed E-state index contributed by atoms with van der Waals surface area (Å²) in [6, 6.07) is 1.35. The predicted molar refractivity (Wildman–Crippen MR) is 66.5 cm³/mol. The number of hydrogen-bond acceptors (Lipinski definition) is 6. The van der Waals surface area contributed by atoms with Gasteiger partial charge in [0.05, 0.1) is 6.61 Å². The fourth-order valence-electron chi connectivity index (χ4n) is 2.78. The summed E-state index contributed by atoms with van der Waals surface area (Å²) >= 11 is 0. The second-order valence-corrected chi connectivity index (χ2v) is 5.33. The van der Waals surface area contributed by atoms with Crippen LogP contribution in [0.2, 0.25) is 0 Å². The first-order valence-corrected chi connectivity index (χ1v) is 6.45. The van der Waals surface area contributed by atoms with Crippen LogP contribution < -0.4 is 11.4 Å². The molecule has 0 radical (unpaired) electrons. The molecular formula is C12H16FN3O4. The molecule has 1 saturated heterocycles. The number of anilines is 1. The molecule has 1 saturated carbocycles. The van der Waals surface area contributed by atoms with Gasteiger partial charge in [0.1, 0.15) is 17.5 Å². The average molecular weight is 285 g/mol. The van der Waals surface area contributed by atoms with E-state index in [9.17, 15) is 19.4 Å². The van der Waals surface area contributed by atoms with E-state index >= 15 is 0 Å². The van der Waals surface area contributed by atoms with E-state index in [2.05, 4.69) is 4.98 Å². The van der Waals surface area contributed by atoms with Gasteiger partial charge in [-0.2, -0.15) is 4.98 Å². The van der Waals surface area contributed by atoms with Crippen LogP contribution in [-0.4, -0.2) is 44.2 Å². The van der Waals surface area contributed by atoms with Crippen LogP contribution in [0.1, 0.15) is 19.1 Å². The number of aromatic nitrogens is 2. The van der Waals surface area contributed by atoms with Gasteiger partial charge in [0.2, 0.25) is 0 Å². The molecule has 0 aromatic carbocycles. The van der Waals surface area contributed by atoms with Crippen LogP contribution in [-0.2, 0) is 4.74 Å². The first-order chi connectivity index (χ1) is 9.49. The Bertz CT molecular complexity index is 576. The molecule has 8 heteroatoms. The van der Waals surface area contributed by atoms with Crippen molar-refractivity contribution >= 4 is 5.82 Å². The summed E-state index contributed by atoms with van der Waals surface area (Å²) in [7, 11) is 0. The van der Waals surface area contributed by atoms with Crippen LogP contribution in [0.5, 0.6) is 0 Å². The fourth-order valence-corrected chi connectivity index (χ4v) is 2.78. The zero-order chi connectivity index (χ0) is 14.5. The van der Waals surface area contributed by atoms with Gasteiger partial charge in [-0.25, -0.2) is 9.18 Å². The summed E-state index contributed by atoms with van der Waals surface area (Å²) in [5.74, 6) is -0.0704.